The summed E-state index contributed by atoms with van der Waals surface area (Å²) in [4.78, 5) is 0. The normalized spacial score (nSPS) is 35.8. The monoisotopic (exact) mass is 490 g/mol. The molecule has 0 bridgehead atoms. The Bertz CT molecular complexity index is 670. The molecule has 1 atom stereocenters. The van der Waals surface area contributed by atoms with Crippen LogP contribution in [0.3, 0.4) is 0 Å². The van der Waals surface area contributed by atoms with Gasteiger partial charge in [0.15, 0.2) is 0 Å². The highest BCUT2D eigenvalue weighted by Gasteiger charge is 2.53. The maximum Gasteiger partial charge on any atom is 0.279 e. The Hall–Kier alpha value is -0.260. The molecule has 1 aromatic rings. The highest BCUT2D eigenvalue weighted by atomic mass is 127. The molecule has 0 radical (unpaired) electrons. The second-order valence-corrected chi connectivity index (χ2v) is 10.8. The third kappa shape index (κ3) is 3.81. The number of rotatable bonds is 3. The first-order chi connectivity index (χ1) is 12.9. The molecule has 4 heteroatoms. The summed E-state index contributed by atoms with van der Waals surface area (Å²) in [5.74, 6) is -2.84. The molecule has 3 aliphatic rings. The van der Waals surface area contributed by atoms with Crippen molar-refractivity contribution in [2.45, 2.75) is 81.0 Å². The van der Waals surface area contributed by atoms with Crippen LogP contribution < -0.4 is 0 Å². The Labute approximate surface area is 174 Å². The fraction of sp³-hybridized carbons (Fsp3) is 0.739. The minimum absolute atomic E-state index is 0.0361. The number of aryl methyl sites for hydroxylation is 1. The Morgan fingerprint density at radius 3 is 2.07 bits per heavy atom. The summed E-state index contributed by atoms with van der Waals surface area (Å²) >= 11 is 2.56. The molecular formula is C23H30F3I. The van der Waals surface area contributed by atoms with E-state index in [1.165, 1.54) is 31.7 Å². The lowest BCUT2D eigenvalue weighted by Crippen LogP contribution is -2.33. The lowest BCUT2D eigenvalue weighted by Gasteiger charge is -2.39. The summed E-state index contributed by atoms with van der Waals surface area (Å²) in [5.41, 5.74) is 1.09. The van der Waals surface area contributed by atoms with E-state index < -0.39 is 17.7 Å². The van der Waals surface area contributed by atoms with Gasteiger partial charge in [0, 0.05) is 9.84 Å². The summed E-state index contributed by atoms with van der Waals surface area (Å²) in [7, 11) is 0. The van der Waals surface area contributed by atoms with E-state index in [1.54, 1.807) is 0 Å². The van der Waals surface area contributed by atoms with E-state index in [2.05, 4.69) is 22.6 Å². The molecule has 0 aliphatic heterocycles. The molecule has 0 heterocycles. The van der Waals surface area contributed by atoms with Crippen molar-refractivity contribution in [3.63, 3.8) is 0 Å². The molecule has 150 valence electrons. The Morgan fingerprint density at radius 2 is 1.48 bits per heavy atom. The van der Waals surface area contributed by atoms with Crippen LogP contribution in [0.15, 0.2) is 12.1 Å². The van der Waals surface area contributed by atoms with Gasteiger partial charge in [0.25, 0.3) is 5.92 Å². The molecule has 0 spiro atoms. The summed E-state index contributed by atoms with van der Waals surface area (Å²) in [6.45, 7) is 1.94. The van der Waals surface area contributed by atoms with Gasteiger partial charge in [0.2, 0.25) is 0 Å². The van der Waals surface area contributed by atoms with E-state index in [9.17, 15) is 4.39 Å². The van der Waals surface area contributed by atoms with Gasteiger partial charge < -0.3 is 0 Å². The third-order valence-electron chi connectivity index (χ3n) is 7.63. The molecule has 0 amide bonds. The van der Waals surface area contributed by atoms with Gasteiger partial charge in [-0.05, 0) is 99.2 Å². The minimum Gasteiger partial charge on any atom is -0.206 e. The zero-order valence-corrected chi connectivity index (χ0v) is 18.3. The van der Waals surface area contributed by atoms with Crippen LogP contribution in [0.5, 0.6) is 0 Å². The lowest BCUT2D eigenvalue weighted by molar-refractivity contribution is -0.0852. The van der Waals surface area contributed by atoms with E-state index in [-0.39, 0.29) is 11.5 Å². The van der Waals surface area contributed by atoms with E-state index in [0.717, 1.165) is 47.0 Å². The van der Waals surface area contributed by atoms with Gasteiger partial charge in [-0.15, -0.1) is 0 Å². The molecule has 4 rings (SSSR count). The molecule has 0 saturated heterocycles. The van der Waals surface area contributed by atoms with Crippen LogP contribution >= 0.6 is 22.6 Å². The second kappa shape index (κ2) is 7.87. The molecular weight excluding hydrogens is 460 g/mol. The number of halogens is 4. The first kappa shape index (κ1) is 20.0. The minimum atomic E-state index is -3.01. The number of hydrogen-bond donors (Lipinski definition) is 0. The van der Waals surface area contributed by atoms with Gasteiger partial charge in [-0.1, -0.05) is 35.6 Å². The molecule has 2 saturated carbocycles. The third-order valence-corrected chi connectivity index (χ3v) is 8.88. The molecule has 0 unspecified atom stereocenters. The second-order valence-electron chi connectivity index (χ2n) is 9.09. The molecule has 2 fully saturated rings. The van der Waals surface area contributed by atoms with Crippen LogP contribution in [0.1, 0.15) is 75.0 Å². The van der Waals surface area contributed by atoms with E-state index >= 15 is 8.78 Å². The highest BCUT2D eigenvalue weighted by molar-refractivity contribution is 14.1. The molecule has 27 heavy (non-hydrogen) atoms. The maximum atomic E-state index is 15.1. The van der Waals surface area contributed by atoms with E-state index in [4.69, 9.17) is 0 Å². The standard InChI is InChI=1S/C23H30F3I/c1-2-14-11-18-13-20(23(25,26)22(18)21(24)12-14)17-5-3-15(4-6-17)16-7-9-19(27)10-8-16/h11-12,15-17,19-20H,2-10,13H2,1H3/t15?,16?,17?,19?,20-/m1/s1. The molecule has 0 N–H and O–H groups in total. The van der Waals surface area contributed by atoms with E-state index in [1.807, 2.05) is 13.0 Å². The van der Waals surface area contributed by atoms with Crippen molar-refractivity contribution in [1.29, 1.82) is 0 Å². The average Bonchev–Trinajstić information content (AvgIpc) is 2.93. The van der Waals surface area contributed by atoms with Crippen LogP contribution in [-0.4, -0.2) is 3.92 Å². The Kier molecular flexibility index (Phi) is 5.84. The Morgan fingerprint density at radius 1 is 0.926 bits per heavy atom. The molecule has 1 aromatic carbocycles. The fourth-order valence-corrected chi connectivity index (χ4v) is 6.77. The summed E-state index contributed by atoms with van der Waals surface area (Å²) < 4.78 is 45.5. The predicted octanol–water partition coefficient (Wildman–Crippen LogP) is 7.45. The van der Waals surface area contributed by atoms with Gasteiger partial charge in [-0.25, -0.2) is 13.2 Å². The SMILES string of the molecule is CCc1cc(F)c2c(c1)C[C@H](C1CCC(C3CCC(I)CC3)CC1)C2(F)F. The Balaban J connectivity index is 1.44. The van der Waals surface area contributed by atoms with E-state index in [0.29, 0.717) is 18.4 Å². The van der Waals surface area contributed by atoms with Crippen molar-refractivity contribution in [3.8, 4) is 0 Å². The van der Waals surface area contributed by atoms with Gasteiger partial charge in [0.05, 0.1) is 5.56 Å². The number of alkyl halides is 3. The van der Waals surface area contributed by atoms with Crippen molar-refractivity contribution in [1.82, 2.24) is 0 Å². The molecule has 0 aromatic heterocycles. The molecule has 0 nitrogen and oxygen atoms in total. The quantitative estimate of drug-likeness (QED) is 0.305. The predicted molar refractivity (Wildman–Crippen MR) is 112 cm³/mol. The first-order valence-electron chi connectivity index (χ1n) is 10.7. The van der Waals surface area contributed by atoms with Gasteiger partial charge in [-0.3, -0.25) is 0 Å². The zero-order chi connectivity index (χ0) is 19.2. The lowest BCUT2D eigenvalue weighted by atomic mass is 9.68. The largest absolute Gasteiger partial charge is 0.279 e. The van der Waals surface area contributed by atoms with Crippen LogP contribution in [-0.2, 0) is 18.8 Å². The van der Waals surface area contributed by atoms with Crippen molar-refractivity contribution in [2.75, 3.05) is 0 Å². The van der Waals surface area contributed by atoms with Gasteiger partial charge >= 0.3 is 0 Å². The van der Waals surface area contributed by atoms with Gasteiger partial charge in [0.1, 0.15) is 5.82 Å². The highest BCUT2D eigenvalue weighted by Crippen LogP contribution is 2.54. The van der Waals surface area contributed by atoms with Crippen molar-refractivity contribution >= 4 is 22.6 Å². The van der Waals surface area contributed by atoms with Crippen LogP contribution in [0.25, 0.3) is 0 Å². The molecule has 3 aliphatic carbocycles. The average molecular weight is 490 g/mol. The number of benzene rings is 1. The zero-order valence-electron chi connectivity index (χ0n) is 16.1. The number of hydrogen-bond acceptors (Lipinski definition) is 0. The van der Waals surface area contributed by atoms with Crippen LogP contribution in [0.2, 0.25) is 0 Å². The topological polar surface area (TPSA) is 0 Å². The van der Waals surface area contributed by atoms with Crippen molar-refractivity contribution in [3.05, 3.63) is 34.6 Å². The maximum absolute atomic E-state index is 15.1. The van der Waals surface area contributed by atoms with Crippen molar-refractivity contribution in [2.24, 2.45) is 23.7 Å². The van der Waals surface area contributed by atoms with Crippen LogP contribution in [0, 0.1) is 29.5 Å². The fourth-order valence-electron chi connectivity index (χ4n) is 6.05. The van der Waals surface area contributed by atoms with Gasteiger partial charge in [-0.2, -0.15) is 0 Å². The first-order valence-corrected chi connectivity index (χ1v) is 12.0. The number of fused-ring (bicyclic) bond motifs is 1. The smallest absolute Gasteiger partial charge is 0.206 e. The van der Waals surface area contributed by atoms with Crippen molar-refractivity contribution < 1.29 is 13.2 Å². The van der Waals surface area contributed by atoms with Crippen LogP contribution in [0.4, 0.5) is 13.2 Å². The summed E-state index contributed by atoms with van der Waals surface area (Å²) in [6, 6.07) is 3.13. The summed E-state index contributed by atoms with van der Waals surface area (Å²) in [6.07, 6.45) is 10.3. The summed E-state index contributed by atoms with van der Waals surface area (Å²) in [5, 5.41) is 0.